The zero-order valence-electron chi connectivity index (χ0n) is 25.6. The SMILES string of the molecule is c1ccc(-c2nc(-c3ccc4c(c3)oc3ccccc34)nc(-c3cc4c5cccc(-c6ccccc6)c5oc4c4ccccc34)n2)cc1. The van der Waals surface area contributed by atoms with Gasteiger partial charge >= 0.3 is 0 Å². The Morgan fingerprint density at radius 3 is 1.73 bits per heavy atom. The van der Waals surface area contributed by atoms with Crippen LogP contribution in [0.3, 0.4) is 0 Å². The minimum atomic E-state index is 0.578. The second kappa shape index (κ2) is 10.5. The molecule has 0 atom stereocenters. The van der Waals surface area contributed by atoms with Gasteiger partial charge in [0.15, 0.2) is 17.5 Å². The van der Waals surface area contributed by atoms with E-state index in [1.165, 1.54) is 0 Å². The van der Waals surface area contributed by atoms with Crippen LogP contribution in [0, 0.1) is 0 Å². The van der Waals surface area contributed by atoms with Gasteiger partial charge in [0.1, 0.15) is 22.3 Å². The molecule has 10 aromatic rings. The van der Waals surface area contributed by atoms with E-state index < -0.39 is 0 Å². The second-order valence-corrected chi connectivity index (χ2v) is 12.0. The standard InChI is InChI=1S/C43H25N3O2/c1-3-12-26(13-4-1)29-19-11-20-34-35-25-36(30-16-7-8-18-33(30)40(35)48-39(29)34)43-45-41(27-14-5-2-6-15-27)44-42(46-43)28-22-23-32-31-17-9-10-21-37(31)47-38(32)24-28/h1-25H. The summed E-state index contributed by atoms with van der Waals surface area (Å²) in [5.41, 5.74) is 8.22. The quantitative estimate of drug-likeness (QED) is 0.197. The summed E-state index contributed by atoms with van der Waals surface area (Å²) in [6.45, 7) is 0. The smallest absolute Gasteiger partial charge is 0.164 e. The van der Waals surface area contributed by atoms with Gasteiger partial charge in [0, 0.05) is 49.2 Å². The molecular weight excluding hydrogens is 590 g/mol. The van der Waals surface area contributed by atoms with Gasteiger partial charge in [-0.3, -0.25) is 0 Å². The van der Waals surface area contributed by atoms with E-state index >= 15 is 0 Å². The third-order valence-electron chi connectivity index (χ3n) is 9.13. The molecule has 0 unspecified atom stereocenters. The highest BCUT2D eigenvalue weighted by Gasteiger charge is 2.20. The lowest BCUT2D eigenvalue weighted by Crippen LogP contribution is -2.00. The van der Waals surface area contributed by atoms with E-state index in [0.717, 1.165) is 82.5 Å². The molecule has 0 saturated heterocycles. The van der Waals surface area contributed by atoms with Crippen molar-refractivity contribution in [2.75, 3.05) is 0 Å². The molecule has 48 heavy (non-hydrogen) atoms. The number of rotatable bonds is 4. The summed E-state index contributed by atoms with van der Waals surface area (Å²) in [6.07, 6.45) is 0. The number of nitrogens with zero attached hydrogens (tertiary/aromatic N) is 3. The lowest BCUT2D eigenvalue weighted by molar-refractivity contribution is 0.669. The van der Waals surface area contributed by atoms with Crippen molar-refractivity contribution in [2.24, 2.45) is 0 Å². The Bertz CT molecular complexity index is 2840. The molecule has 0 spiro atoms. The monoisotopic (exact) mass is 615 g/mol. The molecule has 0 bridgehead atoms. The highest BCUT2D eigenvalue weighted by atomic mass is 16.3. The molecule has 0 radical (unpaired) electrons. The Labute approximate surface area is 274 Å². The molecule has 10 rings (SSSR count). The van der Waals surface area contributed by atoms with Gasteiger partial charge in [0.2, 0.25) is 0 Å². The van der Waals surface area contributed by atoms with Crippen molar-refractivity contribution in [2.45, 2.75) is 0 Å². The van der Waals surface area contributed by atoms with Crippen LogP contribution in [0.5, 0.6) is 0 Å². The molecule has 0 saturated carbocycles. The number of fused-ring (bicyclic) bond motifs is 8. The molecule has 0 amide bonds. The van der Waals surface area contributed by atoms with Gasteiger partial charge in [0.25, 0.3) is 0 Å². The van der Waals surface area contributed by atoms with E-state index in [4.69, 9.17) is 23.8 Å². The summed E-state index contributed by atoms with van der Waals surface area (Å²) < 4.78 is 13.0. The van der Waals surface area contributed by atoms with Gasteiger partial charge in [-0.05, 0) is 35.2 Å². The number of furan rings is 2. The van der Waals surface area contributed by atoms with Crippen LogP contribution < -0.4 is 0 Å². The molecule has 5 heteroatoms. The first-order chi connectivity index (χ1) is 23.8. The first-order valence-corrected chi connectivity index (χ1v) is 15.9. The fourth-order valence-electron chi connectivity index (χ4n) is 6.86. The highest BCUT2D eigenvalue weighted by molar-refractivity contribution is 6.20. The summed E-state index contributed by atoms with van der Waals surface area (Å²) in [7, 11) is 0. The lowest BCUT2D eigenvalue weighted by atomic mass is 9.98. The molecular formula is C43H25N3O2. The maximum atomic E-state index is 6.73. The summed E-state index contributed by atoms with van der Waals surface area (Å²) in [5, 5.41) is 6.23. The van der Waals surface area contributed by atoms with Crippen LogP contribution in [0.15, 0.2) is 160 Å². The average Bonchev–Trinajstić information content (AvgIpc) is 3.73. The Hall–Kier alpha value is -6.59. The van der Waals surface area contributed by atoms with Crippen molar-refractivity contribution in [3.63, 3.8) is 0 Å². The van der Waals surface area contributed by atoms with E-state index in [2.05, 4.69) is 78.9 Å². The normalized spacial score (nSPS) is 11.8. The number of hydrogen-bond acceptors (Lipinski definition) is 5. The van der Waals surface area contributed by atoms with Crippen LogP contribution in [0.1, 0.15) is 0 Å². The van der Waals surface area contributed by atoms with Crippen LogP contribution >= 0.6 is 0 Å². The first-order valence-electron chi connectivity index (χ1n) is 15.9. The van der Waals surface area contributed by atoms with Crippen LogP contribution in [0.25, 0.3) is 99.9 Å². The van der Waals surface area contributed by atoms with E-state index in [-0.39, 0.29) is 0 Å². The molecule has 0 aliphatic rings. The van der Waals surface area contributed by atoms with Crippen molar-refractivity contribution >= 4 is 54.6 Å². The summed E-state index contributed by atoms with van der Waals surface area (Å²) in [5.74, 6) is 1.77. The van der Waals surface area contributed by atoms with Gasteiger partial charge in [-0.1, -0.05) is 127 Å². The fourth-order valence-corrected chi connectivity index (χ4v) is 6.86. The molecule has 3 heterocycles. The molecule has 0 aliphatic carbocycles. The van der Waals surface area contributed by atoms with Gasteiger partial charge in [-0.15, -0.1) is 0 Å². The van der Waals surface area contributed by atoms with E-state index in [1.807, 2.05) is 72.8 Å². The molecule has 5 nitrogen and oxygen atoms in total. The van der Waals surface area contributed by atoms with Crippen LogP contribution in [0.2, 0.25) is 0 Å². The summed E-state index contributed by atoms with van der Waals surface area (Å²) in [4.78, 5) is 15.3. The van der Waals surface area contributed by atoms with Crippen molar-refractivity contribution in [3.8, 4) is 45.3 Å². The average molecular weight is 616 g/mol. The van der Waals surface area contributed by atoms with E-state index in [0.29, 0.717) is 17.5 Å². The van der Waals surface area contributed by atoms with Gasteiger partial charge < -0.3 is 8.83 Å². The maximum Gasteiger partial charge on any atom is 0.164 e. The van der Waals surface area contributed by atoms with Crippen molar-refractivity contribution in [1.29, 1.82) is 0 Å². The number of aromatic nitrogens is 3. The van der Waals surface area contributed by atoms with Crippen molar-refractivity contribution in [3.05, 3.63) is 152 Å². The van der Waals surface area contributed by atoms with Gasteiger partial charge in [0.05, 0.1) is 0 Å². The molecule has 0 aliphatic heterocycles. The van der Waals surface area contributed by atoms with Gasteiger partial charge in [-0.2, -0.15) is 0 Å². The number of hydrogen-bond donors (Lipinski definition) is 0. The Morgan fingerprint density at radius 2 is 0.917 bits per heavy atom. The minimum absolute atomic E-state index is 0.578. The highest BCUT2D eigenvalue weighted by Crippen LogP contribution is 2.42. The molecule has 0 fully saturated rings. The van der Waals surface area contributed by atoms with E-state index in [9.17, 15) is 0 Å². The zero-order chi connectivity index (χ0) is 31.6. The second-order valence-electron chi connectivity index (χ2n) is 12.0. The molecule has 0 N–H and O–H groups in total. The topological polar surface area (TPSA) is 65.0 Å². The predicted molar refractivity (Wildman–Crippen MR) is 194 cm³/mol. The van der Waals surface area contributed by atoms with Gasteiger partial charge in [-0.25, -0.2) is 15.0 Å². The van der Waals surface area contributed by atoms with Crippen LogP contribution in [0.4, 0.5) is 0 Å². The fraction of sp³-hybridized carbons (Fsp3) is 0. The van der Waals surface area contributed by atoms with Crippen molar-refractivity contribution < 1.29 is 8.83 Å². The molecule has 7 aromatic carbocycles. The molecule has 3 aromatic heterocycles. The van der Waals surface area contributed by atoms with Crippen LogP contribution in [-0.4, -0.2) is 15.0 Å². The Balaban J connectivity index is 1.24. The maximum absolute atomic E-state index is 6.73. The first kappa shape index (κ1) is 26.6. The third-order valence-corrected chi connectivity index (χ3v) is 9.13. The zero-order valence-corrected chi connectivity index (χ0v) is 25.6. The predicted octanol–water partition coefficient (Wildman–Crippen LogP) is 11.5. The number of benzene rings is 7. The van der Waals surface area contributed by atoms with E-state index in [1.54, 1.807) is 0 Å². The molecule has 224 valence electrons. The Kier molecular flexibility index (Phi) is 5.81. The summed E-state index contributed by atoms with van der Waals surface area (Å²) >= 11 is 0. The third kappa shape index (κ3) is 4.15. The lowest BCUT2D eigenvalue weighted by Gasteiger charge is -2.11. The Morgan fingerprint density at radius 1 is 0.312 bits per heavy atom. The van der Waals surface area contributed by atoms with Crippen LogP contribution in [-0.2, 0) is 0 Å². The minimum Gasteiger partial charge on any atom is -0.456 e. The largest absolute Gasteiger partial charge is 0.456 e. The summed E-state index contributed by atoms with van der Waals surface area (Å²) in [6, 6.07) is 51.5. The number of para-hydroxylation sites is 2. The van der Waals surface area contributed by atoms with Crippen molar-refractivity contribution in [1.82, 2.24) is 15.0 Å².